The summed E-state index contributed by atoms with van der Waals surface area (Å²) < 4.78 is 0. The number of aliphatic carboxylic acids is 3. The van der Waals surface area contributed by atoms with Crippen molar-refractivity contribution in [2.24, 2.45) is 0 Å². The van der Waals surface area contributed by atoms with Gasteiger partial charge in [-0.2, -0.15) is 0 Å². The smallest absolute Gasteiger partial charge is 0.550 e. The molecule has 0 radical (unpaired) electrons. The molecule has 0 N–H and O–H groups in total. The summed E-state index contributed by atoms with van der Waals surface area (Å²) in [6.45, 7) is 2.92. The molecule has 0 saturated heterocycles. The number of rotatable bonds is 0. The molecule has 0 unspecified atom stereocenters. The molecule has 0 aromatic carbocycles. The molecule has 0 amide bonds. The fourth-order valence-electron chi connectivity index (χ4n) is 1.71. The van der Waals surface area contributed by atoms with Gasteiger partial charge in [-0.1, -0.05) is 48.6 Å². The van der Waals surface area contributed by atoms with Gasteiger partial charge in [-0.25, -0.2) is 0 Å². The number of carbonyl (C=O) groups excluding carboxylic acids is 3. The van der Waals surface area contributed by atoms with Crippen LogP contribution in [0.4, 0.5) is 0 Å². The SMILES string of the molecule is C1=C\CC/C=C\CC/1.C1=C\CC/C=C\CC/1.CC(=O)[O-].CC(=O)[O-].CC(=O)[O-].[Rh+3]. The van der Waals surface area contributed by atoms with E-state index in [0.29, 0.717) is 0 Å². The molecule has 0 bridgehead atoms. The van der Waals surface area contributed by atoms with Crippen molar-refractivity contribution in [2.45, 2.75) is 72.1 Å². The van der Waals surface area contributed by atoms with Gasteiger partial charge in [0.2, 0.25) is 0 Å². The number of allylic oxidation sites excluding steroid dienone is 8. The van der Waals surface area contributed by atoms with Crippen LogP contribution in [-0.4, -0.2) is 17.9 Å². The fraction of sp³-hybridized carbons (Fsp3) is 0.500. The molecule has 2 aliphatic carbocycles. The monoisotopic (exact) mass is 496 g/mol. The first-order valence-electron chi connectivity index (χ1n) is 9.32. The summed E-state index contributed by atoms with van der Waals surface area (Å²) >= 11 is 0. The van der Waals surface area contributed by atoms with Crippen LogP contribution in [0.3, 0.4) is 0 Å². The standard InChI is InChI=1S/2C8H12.3C2H4O2.Rh/c2*1-2-4-6-8-7-5-3-1;3*1-2(3)4;/h2*1-2,7-8H,3-6H2;3*1H3,(H,3,4);/q;;;;;+3/p-3/b2*2-1-,8-7-;;;;. The number of carboxylic acids is 3. The molecule has 0 spiro atoms. The van der Waals surface area contributed by atoms with Gasteiger partial charge in [0.05, 0.1) is 0 Å². The Bertz CT molecular complexity index is 387. The third-order valence-electron chi connectivity index (χ3n) is 2.67. The molecule has 0 fully saturated rings. The van der Waals surface area contributed by atoms with Crippen LogP contribution in [0.5, 0.6) is 0 Å². The second kappa shape index (κ2) is 30.7. The summed E-state index contributed by atoms with van der Waals surface area (Å²) in [4.78, 5) is 26.7. The third-order valence-corrected chi connectivity index (χ3v) is 2.67. The summed E-state index contributed by atoms with van der Waals surface area (Å²) in [6, 6.07) is 0. The second-order valence-electron chi connectivity index (χ2n) is 5.67. The van der Waals surface area contributed by atoms with Gasteiger partial charge in [-0.15, -0.1) is 0 Å². The molecule has 0 heterocycles. The molecule has 166 valence electrons. The Kier molecular flexibility index (Phi) is 36.5. The number of hydrogen-bond donors (Lipinski definition) is 0. The van der Waals surface area contributed by atoms with Crippen LogP contribution >= 0.6 is 0 Å². The molecular formula is C22H33O6Rh. The van der Waals surface area contributed by atoms with Crippen molar-refractivity contribution in [1.29, 1.82) is 0 Å². The first kappa shape index (κ1) is 34.5. The quantitative estimate of drug-likeness (QED) is 0.371. The average Bonchev–Trinajstić information content (AvgIpc) is 2.44. The van der Waals surface area contributed by atoms with Gasteiger partial charge >= 0.3 is 19.5 Å². The van der Waals surface area contributed by atoms with Crippen molar-refractivity contribution in [2.75, 3.05) is 0 Å². The Morgan fingerprint density at radius 3 is 0.586 bits per heavy atom. The number of carboxylic acid groups (broad SMARTS) is 3. The zero-order valence-corrected chi connectivity index (χ0v) is 19.2. The molecule has 2 aliphatic rings. The van der Waals surface area contributed by atoms with Gasteiger partial charge in [0.1, 0.15) is 0 Å². The maximum atomic E-state index is 8.89. The molecule has 0 aliphatic heterocycles. The average molecular weight is 496 g/mol. The van der Waals surface area contributed by atoms with Gasteiger partial charge in [-0.3, -0.25) is 0 Å². The first-order chi connectivity index (χ1) is 13.2. The van der Waals surface area contributed by atoms with E-state index in [-0.39, 0.29) is 19.5 Å². The van der Waals surface area contributed by atoms with Crippen LogP contribution in [-0.2, 0) is 33.9 Å². The minimum Gasteiger partial charge on any atom is -0.550 e. The molecule has 6 nitrogen and oxygen atoms in total. The normalized spacial score (nSPS) is 18.0. The van der Waals surface area contributed by atoms with E-state index in [4.69, 9.17) is 29.7 Å². The van der Waals surface area contributed by atoms with Crippen LogP contribution in [0.15, 0.2) is 48.6 Å². The minimum atomic E-state index is -1.08. The Hall–Kier alpha value is -2.01. The van der Waals surface area contributed by atoms with Crippen molar-refractivity contribution in [3.05, 3.63) is 48.6 Å². The van der Waals surface area contributed by atoms with E-state index in [2.05, 4.69) is 48.6 Å². The van der Waals surface area contributed by atoms with Gasteiger partial charge in [-0.05, 0) is 72.1 Å². The molecule has 7 heteroatoms. The Labute approximate surface area is 187 Å². The molecule has 0 aromatic heterocycles. The van der Waals surface area contributed by atoms with E-state index in [0.717, 1.165) is 20.8 Å². The molecule has 0 atom stereocenters. The van der Waals surface area contributed by atoms with Crippen molar-refractivity contribution >= 4 is 17.9 Å². The number of carbonyl (C=O) groups is 3. The molecule has 29 heavy (non-hydrogen) atoms. The Balaban J connectivity index is -0.000000140. The van der Waals surface area contributed by atoms with Gasteiger partial charge in [0.15, 0.2) is 0 Å². The van der Waals surface area contributed by atoms with Crippen molar-refractivity contribution in [3.8, 4) is 0 Å². The number of hydrogen-bond acceptors (Lipinski definition) is 6. The topological polar surface area (TPSA) is 120 Å². The van der Waals surface area contributed by atoms with Gasteiger partial charge in [0, 0.05) is 17.9 Å². The summed E-state index contributed by atoms with van der Waals surface area (Å²) in [6.07, 6.45) is 28.0. The molecule has 2 rings (SSSR count). The first-order valence-corrected chi connectivity index (χ1v) is 9.32. The maximum absolute atomic E-state index is 8.89. The van der Waals surface area contributed by atoms with Crippen molar-refractivity contribution < 1.29 is 49.2 Å². The van der Waals surface area contributed by atoms with Crippen LogP contribution in [0.2, 0.25) is 0 Å². The zero-order valence-electron chi connectivity index (χ0n) is 17.6. The van der Waals surface area contributed by atoms with Gasteiger partial charge in [0.25, 0.3) is 0 Å². The van der Waals surface area contributed by atoms with E-state index in [9.17, 15) is 0 Å². The summed E-state index contributed by atoms with van der Waals surface area (Å²) in [7, 11) is 0. The van der Waals surface area contributed by atoms with E-state index in [1.54, 1.807) is 0 Å². The van der Waals surface area contributed by atoms with Crippen LogP contribution < -0.4 is 15.3 Å². The van der Waals surface area contributed by atoms with E-state index >= 15 is 0 Å². The summed E-state index contributed by atoms with van der Waals surface area (Å²) in [5.41, 5.74) is 0. The van der Waals surface area contributed by atoms with Crippen LogP contribution in [0.25, 0.3) is 0 Å². The summed E-state index contributed by atoms with van der Waals surface area (Å²) in [5, 5.41) is 26.7. The van der Waals surface area contributed by atoms with Gasteiger partial charge < -0.3 is 29.7 Å². The predicted octanol–water partition coefficient (Wildman–Crippen LogP) is 1.61. The van der Waals surface area contributed by atoms with Crippen LogP contribution in [0, 0.1) is 0 Å². The van der Waals surface area contributed by atoms with Crippen molar-refractivity contribution in [1.82, 2.24) is 0 Å². The minimum absolute atomic E-state index is 0. The largest absolute Gasteiger partial charge is 3.00 e. The fourth-order valence-corrected chi connectivity index (χ4v) is 1.71. The third kappa shape index (κ3) is 76.4. The maximum Gasteiger partial charge on any atom is 3.00 e. The van der Waals surface area contributed by atoms with E-state index in [1.165, 1.54) is 51.4 Å². The Morgan fingerprint density at radius 1 is 0.448 bits per heavy atom. The van der Waals surface area contributed by atoms with Crippen molar-refractivity contribution in [3.63, 3.8) is 0 Å². The summed E-state index contributed by atoms with van der Waals surface area (Å²) in [5.74, 6) is -3.25. The second-order valence-corrected chi connectivity index (χ2v) is 5.67. The zero-order chi connectivity index (χ0) is 22.0. The Morgan fingerprint density at radius 2 is 0.517 bits per heavy atom. The van der Waals surface area contributed by atoms with Crippen LogP contribution in [0.1, 0.15) is 72.1 Å². The molecule has 0 saturated carbocycles. The molecule has 0 aromatic rings. The van der Waals surface area contributed by atoms with E-state index in [1.807, 2.05) is 0 Å². The van der Waals surface area contributed by atoms with E-state index < -0.39 is 17.9 Å². The predicted molar refractivity (Wildman–Crippen MR) is 106 cm³/mol. The molecular weight excluding hydrogens is 463 g/mol.